The fourth-order valence-corrected chi connectivity index (χ4v) is 4.40. The second-order valence-electron chi connectivity index (χ2n) is 8.04. The number of nitrogens with zero attached hydrogens (tertiary/aromatic N) is 2. The minimum absolute atomic E-state index is 0.0823. The van der Waals surface area contributed by atoms with Crippen LogP contribution in [0.25, 0.3) is 0 Å². The Kier molecular flexibility index (Phi) is 5.91. The summed E-state index contributed by atoms with van der Waals surface area (Å²) in [6, 6.07) is 12.6. The summed E-state index contributed by atoms with van der Waals surface area (Å²) in [5.41, 5.74) is 2.79. The van der Waals surface area contributed by atoms with Gasteiger partial charge in [-0.15, -0.1) is 0 Å². The number of nitrogens with one attached hydrogen (secondary N) is 2. The van der Waals surface area contributed by atoms with Crippen LogP contribution in [0.15, 0.2) is 42.6 Å². The lowest BCUT2D eigenvalue weighted by molar-refractivity contribution is 0.102. The number of pyridine rings is 1. The lowest BCUT2D eigenvalue weighted by Gasteiger charge is -2.22. The van der Waals surface area contributed by atoms with E-state index in [1.165, 1.54) is 37.7 Å². The number of anilines is 2. The Morgan fingerprint density at radius 3 is 2.46 bits per heavy atom. The van der Waals surface area contributed by atoms with Crippen LogP contribution in [0.4, 0.5) is 11.5 Å². The fraction of sp³-hybridized carbons (Fsp3) is 0.478. The Hall–Kier alpha value is -2.40. The summed E-state index contributed by atoms with van der Waals surface area (Å²) in [4.78, 5) is 19.4. The smallest absolute Gasteiger partial charge is 0.255 e. The van der Waals surface area contributed by atoms with Gasteiger partial charge in [-0.3, -0.25) is 4.79 Å². The van der Waals surface area contributed by atoms with Crippen molar-refractivity contribution in [2.45, 2.75) is 50.5 Å². The Labute approximate surface area is 167 Å². The molecule has 0 spiro atoms. The molecule has 1 unspecified atom stereocenters. The summed E-state index contributed by atoms with van der Waals surface area (Å²) >= 11 is 0. The van der Waals surface area contributed by atoms with Crippen molar-refractivity contribution in [1.29, 1.82) is 0 Å². The number of amides is 1. The van der Waals surface area contributed by atoms with Gasteiger partial charge in [-0.05, 0) is 62.1 Å². The first kappa shape index (κ1) is 18.9. The van der Waals surface area contributed by atoms with Crippen LogP contribution in [-0.2, 0) is 0 Å². The fourth-order valence-electron chi connectivity index (χ4n) is 4.40. The molecule has 5 nitrogen and oxygen atoms in total. The zero-order valence-electron chi connectivity index (χ0n) is 16.7. The number of rotatable bonds is 5. The molecule has 1 aliphatic carbocycles. The van der Waals surface area contributed by atoms with E-state index >= 15 is 0 Å². The number of carbonyl (C=O) groups is 1. The van der Waals surface area contributed by atoms with Crippen LogP contribution >= 0.6 is 0 Å². The maximum Gasteiger partial charge on any atom is 0.255 e. The second kappa shape index (κ2) is 8.74. The largest absolute Gasteiger partial charge is 0.355 e. The number of hydrogen-bond acceptors (Lipinski definition) is 4. The standard InChI is InChI=1S/C23H30N4O/c1-24-21-13-14-27(16-21)22-12-11-20(15-25-22)26-23(28)19-9-7-18(8-10-19)17-5-3-2-4-6-17/h7-12,15,17,21,24H,2-6,13-14,16H2,1H3,(H,26,28). The van der Waals surface area contributed by atoms with Crippen molar-refractivity contribution in [3.05, 3.63) is 53.7 Å². The summed E-state index contributed by atoms with van der Waals surface area (Å²) < 4.78 is 0. The van der Waals surface area contributed by atoms with E-state index in [9.17, 15) is 4.79 Å². The van der Waals surface area contributed by atoms with Gasteiger partial charge in [-0.2, -0.15) is 0 Å². The summed E-state index contributed by atoms with van der Waals surface area (Å²) in [5, 5.41) is 6.28. The summed E-state index contributed by atoms with van der Waals surface area (Å²) in [6.07, 6.45) is 9.43. The lowest BCUT2D eigenvalue weighted by Crippen LogP contribution is -2.29. The number of hydrogen-bond donors (Lipinski definition) is 2. The van der Waals surface area contributed by atoms with Gasteiger partial charge in [0.25, 0.3) is 5.91 Å². The third-order valence-electron chi connectivity index (χ3n) is 6.18. The lowest BCUT2D eigenvalue weighted by atomic mass is 9.84. The molecule has 2 aliphatic rings. The molecule has 2 aromatic rings. The minimum Gasteiger partial charge on any atom is -0.355 e. The average molecular weight is 379 g/mol. The molecule has 0 bridgehead atoms. The summed E-state index contributed by atoms with van der Waals surface area (Å²) in [5.74, 6) is 1.55. The highest BCUT2D eigenvalue weighted by molar-refractivity contribution is 6.04. The van der Waals surface area contributed by atoms with E-state index in [0.29, 0.717) is 17.5 Å². The molecule has 5 heteroatoms. The number of likely N-dealkylation sites (N-methyl/N-ethyl adjacent to an activating group) is 1. The predicted octanol–water partition coefficient (Wildman–Crippen LogP) is 4.18. The van der Waals surface area contributed by atoms with Crippen LogP contribution in [0, 0.1) is 0 Å². The first-order valence-electron chi connectivity index (χ1n) is 10.5. The molecular weight excluding hydrogens is 348 g/mol. The molecule has 1 aromatic carbocycles. The van der Waals surface area contributed by atoms with Gasteiger partial charge in [-0.1, -0.05) is 31.4 Å². The van der Waals surface area contributed by atoms with E-state index < -0.39 is 0 Å². The van der Waals surface area contributed by atoms with Crippen molar-refractivity contribution >= 4 is 17.4 Å². The SMILES string of the molecule is CNC1CCN(c2ccc(NC(=O)c3ccc(C4CCCCC4)cc3)cn2)C1. The van der Waals surface area contributed by atoms with Gasteiger partial charge in [-0.25, -0.2) is 4.98 Å². The van der Waals surface area contributed by atoms with Crippen LogP contribution in [0.3, 0.4) is 0 Å². The highest BCUT2D eigenvalue weighted by atomic mass is 16.1. The molecule has 2 N–H and O–H groups in total. The number of carbonyl (C=O) groups excluding carboxylic acids is 1. The first-order valence-corrected chi connectivity index (χ1v) is 10.5. The van der Waals surface area contributed by atoms with E-state index in [1.807, 2.05) is 31.3 Å². The topological polar surface area (TPSA) is 57.3 Å². The van der Waals surface area contributed by atoms with Gasteiger partial charge in [0.1, 0.15) is 5.82 Å². The highest BCUT2D eigenvalue weighted by Crippen LogP contribution is 2.32. The van der Waals surface area contributed by atoms with Crippen LogP contribution in [0.1, 0.15) is 60.4 Å². The van der Waals surface area contributed by atoms with E-state index in [1.54, 1.807) is 6.20 Å². The Morgan fingerprint density at radius 2 is 1.82 bits per heavy atom. The molecule has 0 radical (unpaired) electrons. The third-order valence-corrected chi connectivity index (χ3v) is 6.18. The minimum atomic E-state index is -0.0823. The van der Waals surface area contributed by atoms with Crippen molar-refractivity contribution in [2.24, 2.45) is 0 Å². The first-order chi connectivity index (χ1) is 13.7. The van der Waals surface area contributed by atoms with Crippen molar-refractivity contribution in [1.82, 2.24) is 10.3 Å². The Bertz CT molecular complexity index is 781. The van der Waals surface area contributed by atoms with Gasteiger partial charge in [0.2, 0.25) is 0 Å². The maximum atomic E-state index is 12.6. The van der Waals surface area contributed by atoms with Crippen molar-refractivity contribution in [2.75, 3.05) is 30.4 Å². The summed E-state index contributed by atoms with van der Waals surface area (Å²) in [6.45, 7) is 1.99. The normalized spacial score (nSPS) is 20.3. The molecule has 148 valence electrons. The van der Waals surface area contributed by atoms with Gasteiger partial charge < -0.3 is 15.5 Å². The van der Waals surface area contributed by atoms with E-state index in [4.69, 9.17) is 0 Å². The zero-order valence-corrected chi connectivity index (χ0v) is 16.7. The molecule has 1 atom stereocenters. The van der Waals surface area contributed by atoms with Crippen molar-refractivity contribution < 1.29 is 4.79 Å². The second-order valence-corrected chi connectivity index (χ2v) is 8.04. The van der Waals surface area contributed by atoms with Gasteiger partial charge in [0.05, 0.1) is 11.9 Å². The van der Waals surface area contributed by atoms with Gasteiger partial charge in [0.15, 0.2) is 0 Å². The van der Waals surface area contributed by atoms with Crippen LogP contribution in [0.2, 0.25) is 0 Å². The van der Waals surface area contributed by atoms with E-state index in [2.05, 4.69) is 32.7 Å². The molecule has 1 aliphatic heterocycles. The molecule has 1 saturated carbocycles. The predicted molar refractivity (Wildman–Crippen MR) is 114 cm³/mol. The highest BCUT2D eigenvalue weighted by Gasteiger charge is 2.22. The number of aromatic nitrogens is 1. The molecule has 2 fully saturated rings. The van der Waals surface area contributed by atoms with Gasteiger partial charge >= 0.3 is 0 Å². The Morgan fingerprint density at radius 1 is 1.04 bits per heavy atom. The van der Waals surface area contributed by atoms with Gasteiger partial charge in [0, 0.05) is 24.7 Å². The maximum absolute atomic E-state index is 12.6. The zero-order chi connectivity index (χ0) is 19.3. The van der Waals surface area contributed by atoms with Crippen molar-refractivity contribution in [3.63, 3.8) is 0 Å². The quantitative estimate of drug-likeness (QED) is 0.819. The monoisotopic (exact) mass is 378 g/mol. The average Bonchev–Trinajstić information content (AvgIpc) is 3.24. The molecule has 28 heavy (non-hydrogen) atoms. The van der Waals surface area contributed by atoms with Crippen LogP contribution < -0.4 is 15.5 Å². The van der Waals surface area contributed by atoms with E-state index in [0.717, 1.165) is 31.0 Å². The molecule has 1 amide bonds. The molecule has 4 rings (SSSR count). The Balaban J connectivity index is 1.35. The molecule has 1 aromatic heterocycles. The number of benzene rings is 1. The molecule has 1 saturated heterocycles. The summed E-state index contributed by atoms with van der Waals surface area (Å²) in [7, 11) is 2.00. The van der Waals surface area contributed by atoms with E-state index in [-0.39, 0.29) is 5.91 Å². The van der Waals surface area contributed by atoms with Crippen LogP contribution in [0.5, 0.6) is 0 Å². The molecule has 2 heterocycles. The molecular formula is C23H30N4O. The van der Waals surface area contributed by atoms with Crippen molar-refractivity contribution in [3.8, 4) is 0 Å². The third kappa shape index (κ3) is 4.36. The van der Waals surface area contributed by atoms with Crippen LogP contribution in [-0.4, -0.2) is 37.1 Å².